The standard InChI is InChI=1S/C30H18NO.C27H39N.Ag/c1-2-10-20-19(9-1)21-11-3-4-13-23(21)25-17-18-27-30(29(25)24-14-6-5-12-22(20)24)32-28-16-8-7-15-26(28)31-27;1-17(2)23-8-7-9-24(18(3)4)25(23)28-16-27(15-26(28,5)6)21-11-19-10-20(13-21)14-22(27)12-19;/h1-18H;7-9,17-22H,10-15H2,1-6H3;/q-1;;. The van der Waals surface area contributed by atoms with Crippen molar-refractivity contribution in [1.82, 2.24) is 4.98 Å². The first kappa shape index (κ1) is 40.4. The van der Waals surface area contributed by atoms with Gasteiger partial charge in [-0.25, -0.2) is 0 Å². The van der Waals surface area contributed by atoms with Crippen LogP contribution < -0.4 is 4.98 Å². The van der Waals surface area contributed by atoms with E-state index in [9.17, 15) is 0 Å². The Bertz CT molecular complexity index is 2980. The van der Waals surface area contributed by atoms with Gasteiger partial charge in [0.2, 0.25) is 0 Å². The molecule has 313 valence electrons. The van der Waals surface area contributed by atoms with Gasteiger partial charge >= 0.3 is 0 Å². The number of fused-ring (bicyclic) bond motifs is 11. The number of hydrogen-bond donors (Lipinski definition) is 0. The maximum Gasteiger partial charge on any atom is 0.129 e. The van der Waals surface area contributed by atoms with Crippen molar-refractivity contribution in [2.75, 3.05) is 0 Å². The van der Waals surface area contributed by atoms with Crippen molar-refractivity contribution in [2.45, 2.75) is 97.4 Å². The molecule has 0 atom stereocenters. The fraction of sp³-hybridized carbons (Fsp3) is 0.351. The molecule has 5 aliphatic rings. The summed E-state index contributed by atoms with van der Waals surface area (Å²) in [6, 6.07) is 45.2. The molecule has 4 aliphatic carbocycles. The Hall–Kier alpha value is -4.67. The smallest absolute Gasteiger partial charge is 0.129 e. The first-order valence-corrected chi connectivity index (χ1v) is 22.7. The topological polar surface area (TPSA) is 30.2 Å². The van der Waals surface area contributed by atoms with Crippen LogP contribution in [0.2, 0.25) is 0 Å². The van der Waals surface area contributed by atoms with Crippen LogP contribution in [-0.4, -0.2) is 16.3 Å². The first-order valence-electron chi connectivity index (χ1n) is 22.7. The molecule has 4 bridgehead atoms. The summed E-state index contributed by atoms with van der Waals surface area (Å²) in [7, 11) is 0. The molecule has 13 rings (SSSR count). The van der Waals surface area contributed by atoms with Crippen LogP contribution in [0.1, 0.15) is 103 Å². The predicted octanol–water partition coefficient (Wildman–Crippen LogP) is 15.4. The molecule has 1 aliphatic heterocycles. The van der Waals surface area contributed by atoms with Gasteiger partial charge in [0.25, 0.3) is 0 Å². The summed E-state index contributed by atoms with van der Waals surface area (Å²) < 4.78 is 9.19. The number of aromatic nitrogens is 1. The number of para-hydroxylation sites is 3. The summed E-state index contributed by atoms with van der Waals surface area (Å²) in [6.07, 6.45) is 13.0. The minimum Gasteiger partial charge on any atom is -0.652 e. The van der Waals surface area contributed by atoms with Crippen molar-refractivity contribution >= 4 is 77.2 Å². The number of rotatable bonds is 3. The SMILES string of the molecule is CC(C)c1cccc(C(C)C)c1[N+]1=[C-]C2(CC1(C)C)C1CC3CC(C1)CC2C3.[Ag].c1ccc2oc3c(ccc4c5ccccc5c5ccccc5c5ccccc5c43)[n-]c2c1. The van der Waals surface area contributed by atoms with E-state index in [-0.39, 0.29) is 27.9 Å². The monoisotopic (exact) mass is 892 g/mol. The minimum absolute atomic E-state index is 0. The van der Waals surface area contributed by atoms with Gasteiger partial charge in [0.15, 0.2) is 0 Å². The Morgan fingerprint density at radius 2 is 1.03 bits per heavy atom. The van der Waals surface area contributed by atoms with Crippen LogP contribution in [0, 0.1) is 29.1 Å². The zero-order chi connectivity index (χ0) is 40.9. The maximum atomic E-state index is 6.54. The Labute approximate surface area is 376 Å². The minimum atomic E-state index is 0. The second kappa shape index (κ2) is 15.3. The van der Waals surface area contributed by atoms with E-state index in [0.717, 1.165) is 62.0 Å². The summed E-state index contributed by atoms with van der Waals surface area (Å²) >= 11 is 0. The molecule has 1 radical (unpaired) electrons. The zero-order valence-electron chi connectivity index (χ0n) is 36.4. The Morgan fingerprint density at radius 3 is 1.57 bits per heavy atom. The Morgan fingerprint density at radius 1 is 0.557 bits per heavy atom. The molecule has 0 saturated heterocycles. The third-order valence-corrected chi connectivity index (χ3v) is 15.2. The molecule has 0 unspecified atom stereocenters. The van der Waals surface area contributed by atoms with Gasteiger partial charge in [-0.15, -0.1) is 0 Å². The van der Waals surface area contributed by atoms with Crippen molar-refractivity contribution < 1.29 is 31.4 Å². The predicted molar refractivity (Wildman–Crippen MR) is 252 cm³/mol. The second-order valence-electron chi connectivity index (χ2n) is 20.0. The molecule has 0 N–H and O–H groups in total. The molecule has 4 saturated carbocycles. The van der Waals surface area contributed by atoms with Crippen LogP contribution in [0.15, 0.2) is 132 Å². The average Bonchev–Trinajstić information content (AvgIpc) is 3.54. The van der Waals surface area contributed by atoms with Gasteiger partial charge in [-0.1, -0.05) is 171 Å². The fourth-order valence-electron chi connectivity index (χ4n) is 12.8. The average molecular weight is 894 g/mol. The first-order chi connectivity index (χ1) is 29.1. The van der Waals surface area contributed by atoms with E-state index in [1.54, 1.807) is 0 Å². The molecule has 7 aromatic carbocycles. The molecular formula is C57H57AgN2O-. The number of hydrogen-bond acceptors (Lipinski definition) is 1. The maximum absolute atomic E-state index is 6.54. The Kier molecular flexibility index (Phi) is 10.1. The summed E-state index contributed by atoms with van der Waals surface area (Å²) in [5.41, 5.74) is 8.35. The molecule has 1 spiro atoms. The fourth-order valence-corrected chi connectivity index (χ4v) is 12.8. The van der Waals surface area contributed by atoms with Gasteiger partial charge in [-0.3, -0.25) is 0 Å². The van der Waals surface area contributed by atoms with E-state index < -0.39 is 0 Å². The third-order valence-electron chi connectivity index (χ3n) is 15.2. The number of benzene rings is 6. The molecule has 2 heterocycles. The van der Waals surface area contributed by atoms with Crippen molar-refractivity contribution in [3.63, 3.8) is 0 Å². The van der Waals surface area contributed by atoms with Gasteiger partial charge < -0.3 is 14.0 Å². The van der Waals surface area contributed by atoms with Gasteiger partial charge in [0.05, 0.1) is 5.69 Å². The summed E-state index contributed by atoms with van der Waals surface area (Å²) in [5.74, 6) is 4.92. The molecule has 4 heteroatoms. The van der Waals surface area contributed by atoms with Gasteiger partial charge in [0, 0.05) is 40.4 Å². The Balaban J connectivity index is 0.000000145. The van der Waals surface area contributed by atoms with Crippen molar-refractivity contribution in [3.05, 3.63) is 139 Å². The van der Waals surface area contributed by atoms with E-state index in [2.05, 4.69) is 155 Å². The number of nitrogens with zero attached hydrogens (tertiary/aromatic N) is 2. The van der Waals surface area contributed by atoms with Crippen LogP contribution >= 0.6 is 0 Å². The largest absolute Gasteiger partial charge is 0.652 e. The molecule has 0 amide bonds. The van der Waals surface area contributed by atoms with E-state index in [4.69, 9.17) is 9.40 Å². The van der Waals surface area contributed by atoms with E-state index in [0.29, 0.717) is 17.3 Å². The molecule has 61 heavy (non-hydrogen) atoms. The van der Waals surface area contributed by atoms with Crippen LogP contribution in [0.4, 0.5) is 5.69 Å². The normalized spacial score (nSPS) is 23.6. The van der Waals surface area contributed by atoms with E-state index >= 15 is 0 Å². The summed E-state index contributed by atoms with van der Waals surface area (Å²) in [5, 5.41) is 9.53. The molecule has 4 fully saturated rings. The summed E-state index contributed by atoms with van der Waals surface area (Å²) in [6.45, 7) is 14.4. The van der Waals surface area contributed by atoms with Crippen molar-refractivity contribution in [1.29, 1.82) is 0 Å². The molecular weight excluding hydrogens is 837 g/mol. The van der Waals surface area contributed by atoms with Crippen LogP contribution in [0.3, 0.4) is 0 Å². The van der Waals surface area contributed by atoms with Gasteiger partial charge in [0.1, 0.15) is 16.7 Å². The second-order valence-corrected chi connectivity index (χ2v) is 20.0. The van der Waals surface area contributed by atoms with Crippen LogP contribution in [0.25, 0.3) is 65.3 Å². The molecule has 3 nitrogen and oxygen atoms in total. The van der Waals surface area contributed by atoms with Gasteiger partial charge in [-0.05, 0) is 131 Å². The van der Waals surface area contributed by atoms with Crippen LogP contribution in [-0.2, 0) is 22.4 Å². The van der Waals surface area contributed by atoms with Crippen molar-refractivity contribution in [2.24, 2.45) is 29.1 Å². The van der Waals surface area contributed by atoms with Crippen LogP contribution in [0.5, 0.6) is 0 Å². The molecule has 1 aromatic heterocycles. The van der Waals surface area contributed by atoms with Gasteiger partial charge in [-0.2, -0.15) is 0 Å². The summed E-state index contributed by atoms with van der Waals surface area (Å²) in [4.78, 5) is 4.92. The third kappa shape index (κ3) is 6.52. The van der Waals surface area contributed by atoms with E-state index in [1.807, 2.05) is 24.3 Å². The van der Waals surface area contributed by atoms with E-state index in [1.165, 1.54) is 82.3 Å². The zero-order valence-corrected chi connectivity index (χ0v) is 37.9. The van der Waals surface area contributed by atoms with Crippen molar-refractivity contribution in [3.8, 4) is 0 Å². The molecule has 8 aromatic rings. The quantitative estimate of drug-likeness (QED) is 0.0766.